The summed E-state index contributed by atoms with van der Waals surface area (Å²) >= 11 is 0. The Hall–Kier alpha value is -3.72. The van der Waals surface area contributed by atoms with Gasteiger partial charge >= 0.3 is 0 Å². The van der Waals surface area contributed by atoms with Crippen LogP contribution in [0.4, 0.5) is 0 Å². The van der Waals surface area contributed by atoms with E-state index < -0.39 is 47.9 Å². The van der Waals surface area contributed by atoms with Gasteiger partial charge in [0.1, 0.15) is 11.8 Å². The third-order valence-corrected chi connectivity index (χ3v) is 8.03. The van der Waals surface area contributed by atoms with E-state index in [0.29, 0.717) is 6.42 Å². The lowest BCUT2D eigenvalue weighted by Gasteiger charge is -2.38. The van der Waals surface area contributed by atoms with Gasteiger partial charge in [0.25, 0.3) is 5.91 Å². The lowest BCUT2D eigenvalue weighted by atomic mass is 9.84. The number of benzene rings is 2. The number of nitrogens with one attached hydrogen (secondary N) is 2. The van der Waals surface area contributed by atoms with Crippen molar-refractivity contribution in [2.75, 3.05) is 7.05 Å². The number of phenols is 1. The van der Waals surface area contributed by atoms with Crippen molar-refractivity contribution in [2.24, 2.45) is 17.8 Å². The molecule has 0 radical (unpaired) electrons. The number of ketones is 1. The summed E-state index contributed by atoms with van der Waals surface area (Å²) in [7, 11) is 1.58. The topological polar surface area (TPSA) is 136 Å². The largest absolute Gasteiger partial charge is 0.507 e. The molecular weight excluding hydrogens is 510 g/mol. The van der Waals surface area contributed by atoms with Crippen LogP contribution in [-0.2, 0) is 20.8 Å². The quantitative estimate of drug-likeness (QED) is 0.436. The number of amides is 3. The number of hydrogen-bond acceptors (Lipinski definition) is 6. The summed E-state index contributed by atoms with van der Waals surface area (Å²) in [4.78, 5) is 55.5. The van der Waals surface area contributed by atoms with Gasteiger partial charge in [0, 0.05) is 13.5 Å². The normalized spacial score (nSPS) is 27.2. The molecule has 0 saturated carbocycles. The lowest BCUT2D eigenvalue weighted by Crippen LogP contribution is -2.59. The SMILES string of the molecule is CCC(C)C1C(=O)C[C@H](C)[C@H](NC(=O)c2ccccc2O)C(=O)N[C@@H](Cc2ccccc2)[C@@H](O)[C@@H](C)C(=O)N1C. The van der Waals surface area contributed by atoms with Gasteiger partial charge < -0.3 is 25.7 Å². The summed E-state index contributed by atoms with van der Waals surface area (Å²) < 4.78 is 0. The summed E-state index contributed by atoms with van der Waals surface area (Å²) in [5.74, 6) is -3.81. The van der Waals surface area contributed by atoms with Crippen LogP contribution < -0.4 is 10.6 Å². The smallest absolute Gasteiger partial charge is 0.255 e. The fraction of sp³-hybridized carbons (Fsp3) is 0.484. The van der Waals surface area contributed by atoms with Gasteiger partial charge in [0.2, 0.25) is 11.8 Å². The first-order valence-corrected chi connectivity index (χ1v) is 13.9. The third kappa shape index (κ3) is 7.07. The molecule has 7 atom stereocenters. The molecule has 216 valence electrons. The zero-order valence-corrected chi connectivity index (χ0v) is 23.8. The minimum atomic E-state index is -1.27. The Labute approximate surface area is 236 Å². The standard InChI is InChI=1S/C31H41N3O6/c1-6-18(2)27-25(36)16-19(3)26(33-29(38)22-14-10-11-15-24(22)35)30(39)32-23(17-21-12-8-7-9-13-21)28(37)20(4)31(40)34(27)5/h7-15,18-20,23,26-28,35,37H,6,16-17H2,1-5H3,(H,32,39)(H,33,38)/t18?,19-,20+,23-,26-,27?,28-/m0/s1. The molecule has 2 aromatic carbocycles. The molecule has 40 heavy (non-hydrogen) atoms. The van der Waals surface area contributed by atoms with Crippen LogP contribution in [0.2, 0.25) is 0 Å². The molecule has 0 aliphatic carbocycles. The van der Waals surface area contributed by atoms with Gasteiger partial charge in [-0.05, 0) is 36.0 Å². The van der Waals surface area contributed by atoms with Crippen LogP contribution in [0.15, 0.2) is 54.6 Å². The van der Waals surface area contributed by atoms with E-state index in [0.717, 1.165) is 5.56 Å². The van der Waals surface area contributed by atoms with Gasteiger partial charge in [0.05, 0.1) is 29.7 Å². The van der Waals surface area contributed by atoms with E-state index in [1.54, 1.807) is 33.0 Å². The average molecular weight is 552 g/mol. The van der Waals surface area contributed by atoms with E-state index in [1.165, 1.54) is 17.0 Å². The summed E-state index contributed by atoms with van der Waals surface area (Å²) in [5, 5.41) is 27.2. The van der Waals surface area contributed by atoms with Crippen molar-refractivity contribution < 1.29 is 29.4 Å². The summed E-state index contributed by atoms with van der Waals surface area (Å²) in [5.41, 5.74) is 0.847. The molecule has 4 N–H and O–H groups in total. The van der Waals surface area contributed by atoms with Gasteiger partial charge in [-0.25, -0.2) is 0 Å². The second kappa shape index (κ2) is 13.6. The van der Waals surface area contributed by atoms with Crippen molar-refractivity contribution in [3.63, 3.8) is 0 Å². The van der Waals surface area contributed by atoms with Crippen LogP contribution in [0.5, 0.6) is 5.75 Å². The number of rotatable bonds is 6. The number of aliphatic hydroxyl groups is 1. The molecule has 1 saturated heterocycles. The Morgan fingerprint density at radius 2 is 1.70 bits per heavy atom. The van der Waals surface area contributed by atoms with Crippen molar-refractivity contribution >= 4 is 23.5 Å². The summed E-state index contributed by atoms with van der Waals surface area (Å²) in [6.07, 6.45) is -0.441. The number of aromatic hydroxyl groups is 1. The highest BCUT2D eigenvalue weighted by Crippen LogP contribution is 2.25. The predicted octanol–water partition coefficient (Wildman–Crippen LogP) is 2.70. The average Bonchev–Trinajstić information content (AvgIpc) is 2.94. The number of likely N-dealkylation sites (N-methyl/N-ethyl adjacent to an activating group) is 1. The summed E-state index contributed by atoms with van der Waals surface area (Å²) in [6, 6.07) is 12.5. The number of phenolic OH excluding ortho intramolecular Hbond substituents is 1. The zero-order valence-electron chi connectivity index (χ0n) is 23.8. The highest BCUT2D eigenvalue weighted by molar-refractivity contribution is 6.00. The fourth-order valence-corrected chi connectivity index (χ4v) is 5.40. The molecule has 0 aromatic heterocycles. The van der Waals surface area contributed by atoms with Gasteiger partial charge in [-0.3, -0.25) is 19.2 Å². The van der Waals surface area contributed by atoms with Crippen molar-refractivity contribution in [1.29, 1.82) is 0 Å². The highest BCUT2D eigenvalue weighted by Gasteiger charge is 2.41. The molecule has 2 unspecified atom stereocenters. The van der Waals surface area contributed by atoms with Gasteiger partial charge in [-0.2, -0.15) is 0 Å². The zero-order chi connectivity index (χ0) is 29.6. The maximum absolute atomic E-state index is 13.8. The second-order valence-electron chi connectivity index (χ2n) is 11.0. The monoisotopic (exact) mass is 551 g/mol. The van der Waals surface area contributed by atoms with Gasteiger partial charge in [0.15, 0.2) is 5.78 Å². The first kappa shape index (κ1) is 30.8. The maximum atomic E-state index is 13.8. The van der Waals surface area contributed by atoms with Crippen LogP contribution in [0.25, 0.3) is 0 Å². The second-order valence-corrected chi connectivity index (χ2v) is 11.0. The van der Waals surface area contributed by atoms with E-state index in [2.05, 4.69) is 10.6 Å². The highest BCUT2D eigenvalue weighted by atomic mass is 16.3. The van der Waals surface area contributed by atoms with E-state index in [1.807, 2.05) is 44.2 Å². The number of nitrogens with zero attached hydrogens (tertiary/aromatic N) is 1. The number of aliphatic hydroxyl groups excluding tert-OH is 1. The maximum Gasteiger partial charge on any atom is 0.255 e. The Morgan fingerprint density at radius 1 is 1.07 bits per heavy atom. The molecular formula is C31H41N3O6. The molecule has 3 amide bonds. The Morgan fingerprint density at radius 3 is 2.33 bits per heavy atom. The molecule has 0 spiro atoms. The third-order valence-electron chi connectivity index (χ3n) is 8.03. The number of hydrogen-bond donors (Lipinski definition) is 4. The van der Waals surface area contributed by atoms with Crippen LogP contribution in [0, 0.1) is 17.8 Å². The van der Waals surface area contributed by atoms with E-state index >= 15 is 0 Å². The predicted molar refractivity (Wildman–Crippen MR) is 151 cm³/mol. The van der Waals surface area contributed by atoms with Crippen molar-refractivity contribution in [3.8, 4) is 5.75 Å². The van der Waals surface area contributed by atoms with Crippen molar-refractivity contribution in [3.05, 3.63) is 65.7 Å². The van der Waals surface area contributed by atoms with Crippen LogP contribution >= 0.6 is 0 Å². The Balaban J connectivity index is 2.04. The molecule has 1 aliphatic rings. The van der Waals surface area contributed by atoms with Crippen LogP contribution in [0.3, 0.4) is 0 Å². The summed E-state index contributed by atoms with van der Waals surface area (Å²) in [6.45, 7) is 7.12. The lowest BCUT2D eigenvalue weighted by molar-refractivity contribution is -0.147. The molecule has 9 heteroatoms. The van der Waals surface area contributed by atoms with Crippen LogP contribution in [-0.4, -0.2) is 69.9 Å². The van der Waals surface area contributed by atoms with Crippen molar-refractivity contribution in [1.82, 2.24) is 15.5 Å². The molecule has 2 aromatic rings. The fourth-order valence-electron chi connectivity index (χ4n) is 5.40. The Bertz CT molecular complexity index is 1200. The first-order valence-electron chi connectivity index (χ1n) is 13.9. The van der Waals surface area contributed by atoms with Gasteiger partial charge in [-0.1, -0.05) is 76.6 Å². The minimum Gasteiger partial charge on any atom is -0.507 e. The molecule has 1 aliphatic heterocycles. The molecule has 3 rings (SSSR count). The minimum absolute atomic E-state index is 0.00255. The number of para-hydroxylation sites is 1. The molecule has 1 heterocycles. The van der Waals surface area contributed by atoms with E-state index in [9.17, 15) is 29.4 Å². The molecule has 0 bridgehead atoms. The number of carbonyl (C=O) groups excluding carboxylic acids is 4. The number of Topliss-reactive ketones (excluding diaryl/α,β-unsaturated/α-hetero) is 1. The van der Waals surface area contributed by atoms with Crippen LogP contribution in [0.1, 0.15) is 56.5 Å². The number of carbonyl (C=O) groups is 4. The van der Waals surface area contributed by atoms with Crippen molar-refractivity contribution in [2.45, 2.75) is 71.2 Å². The molecule has 9 nitrogen and oxygen atoms in total. The van der Waals surface area contributed by atoms with E-state index in [4.69, 9.17) is 0 Å². The molecule has 1 fully saturated rings. The van der Waals surface area contributed by atoms with E-state index in [-0.39, 0.29) is 41.8 Å². The first-order chi connectivity index (χ1) is 19.0. The Kier molecular flexibility index (Phi) is 10.5. The van der Waals surface area contributed by atoms with Gasteiger partial charge in [-0.15, -0.1) is 0 Å².